The van der Waals surface area contributed by atoms with Crippen LogP contribution in [0.4, 0.5) is 5.69 Å². The Morgan fingerprint density at radius 3 is 2.67 bits per heavy atom. The van der Waals surface area contributed by atoms with Gasteiger partial charge in [0.15, 0.2) is 0 Å². The molecule has 4 rings (SSSR count). The number of anilines is 1. The lowest BCUT2D eigenvalue weighted by atomic mass is 9.88. The van der Waals surface area contributed by atoms with Gasteiger partial charge in [-0.05, 0) is 67.0 Å². The third-order valence-electron chi connectivity index (χ3n) is 5.53. The smallest absolute Gasteiger partial charge is 0.241 e. The molecule has 1 aliphatic carbocycles. The van der Waals surface area contributed by atoms with Gasteiger partial charge in [0.2, 0.25) is 15.9 Å². The molecule has 1 amide bonds. The molecular weight excluding hydrogens is 360 g/mol. The zero-order valence-corrected chi connectivity index (χ0v) is 16.3. The molecule has 0 radical (unpaired) electrons. The zero-order chi connectivity index (χ0) is 19.0. The largest absolute Gasteiger partial charge is 0.312 e. The van der Waals surface area contributed by atoms with Crippen molar-refractivity contribution in [1.82, 2.24) is 4.72 Å². The highest BCUT2D eigenvalue weighted by molar-refractivity contribution is 7.89. The summed E-state index contributed by atoms with van der Waals surface area (Å²) in [6.45, 7) is 2.23. The molecule has 0 saturated heterocycles. The molecular formula is C21H24N2O3S. The molecule has 5 nitrogen and oxygen atoms in total. The summed E-state index contributed by atoms with van der Waals surface area (Å²) in [7, 11) is -3.63. The second-order valence-corrected chi connectivity index (χ2v) is 9.04. The van der Waals surface area contributed by atoms with Crippen LogP contribution in [0.25, 0.3) is 0 Å². The molecule has 6 heteroatoms. The lowest BCUT2D eigenvalue weighted by Crippen LogP contribution is -2.34. The summed E-state index contributed by atoms with van der Waals surface area (Å²) in [6.07, 6.45) is 4.41. The Labute approximate surface area is 160 Å². The Bertz CT molecular complexity index is 985. The first-order valence-electron chi connectivity index (χ1n) is 9.47. The van der Waals surface area contributed by atoms with Crippen LogP contribution in [0.1, 0.15) is 48.9 Å². The van der Waals surface area contributed by atoms with Crippen LogP contribution < -0.4 is 9.62 Å². The summed E-state index contributed by atoms with van der Waals surface area (Å²) < 4.78 is 28.9. The lowest BCUT2D eigenvalue weighted by molar-refractivity contribution is -0.116. The Balaban J connectivity index is 1.63. The number of nitrogens with one attached hydrogen (secondary N) is 1. The van der Waals surface area contributed by atoms with E-state index in [2.05, 4.69) is 10.8 Å². The number of carbonyl (C=O) groups excluding carboxylic acids is 1. The molecule has 1 atom stereocenters. The molecule has 0 aromatic heterocycles. The summed E-state index contributed by atoms with van der Waals surface area (Å²) in [6, 6.07) is 13.0. The third-order valence-corrected chi connectivity index (χ3v) is 7.00. The normalized spacial score (nSPS) is 19.3. The highest BCUT2D eigenvalue weighted by atomic mass is 32.2. The lowest BCUT2D eigenvalue weighted by Gasteiger charge is -2.29. The van der Waals surface area contributed by atoms with Crippen molar-refractivity contribution in [3.63, 3.8) is 0 Å². The molecule has 0 spiro atoms. The molecule has 0 unspecified atom stereocenters. The highest BCUT2D eigenvalue weighted by Crippen LogP contribution is 2.33. The van der Waals surface area contributed by atoms with Crippen LogP contribution in [-0.4, -0.2) is 20.9 Å². The predicted octanol–water partition coefficient (Wildman–Crippen LogP) is 3.34. The van der Waals surface area contributed by atoms with Gasteiger partial charge in [0, 0.05) is 25.2 Å². The van der Waals surface area contributed by atoms with Gasteiger partial charge in [-0.3, -0.25) is 4.79 Å². The molecule has 142 valence electrons. The van der Waals surface area contributed by atoms with E-state index in [0.717, 1.165) is 48.9 Å². The van der Waals surface area contributed by atoms with Crippen LogP contribution in [0.2, 0.25) is 0 Å². The van der Waals surface area contributed by atoms with Crippen LogP contribution >= 0.6 is 0 Å². The van der Waals surface area contributed by atoms with E-state index in [1.165, 1.54) is 5.56 Å². The number of benzene rings is 2. The van der Waals surface area contributed by atoms with Crippen molar-refractivity contribution >= 4 is 21.6 Å². The fourth-order valence-electron chi connectivity index (χ4n) is 4.20. The number of sulfonamides is 1. The van der Waals surface area contributed by atoms with Crippen LogP contribution in [0.15, 0.2) is 47.4 Å². The maximum absolute atomic E-state index is 13.0. The van der Waals surface area contributed by atoms with E-state index < -0.39 is 10.0 Å². The van der Waals surface area contributed by atoms with E-state index in [0.29, 0.717) is 6.54 Å². The van der Waals surface area contributed by atoms with E-state index in [4.69, 9.17) is 0 Å². The molecule has 2 aliphatic rings. The maximum atomic E-state index is 13.0. The summed E-state index contributed by atoms with van der Waals surface area (Å²) in [5, 5.41) is 0. The number of hydrogen-bond acceptors (Lipinski definition) is 3. The molecule has 2 aromatic carbocycles. The number of amides is 1. The van der Waals surface area contributed by atoms with E-state index in [-0.39, 0.29) is 16.8 Å². The minimum Gasteiger partial charge on any atom is -0.312 e. The van der Waals surface area contributed by atoms with Gasteiger partial charge in [0.05, 0.1) is 4.90 Å². The van der Waals surface area contributed by atoms with Gasteiger partial charge in [-0.15, -0.1) is 0 Å². The van der Waals surface area contributed by atoms with Crippen molar-refractivity contribution in [2.24, 2.45) is 0 Å². The average Bonchev–Trinajstić information content (AvgIpc) is 2.67. The number of rotatable bonds is 3. The maximum Gasteiger partial charge on any atom is 0.241 e. The van der Waals surface area contributed by atoms with Crippen molar-refractivity contribution in [2.75, 3.05) is 11.4 Å². The molecule has 1 aliphatic heterocycles. The molecule has 2 aromatic rings. The van der Waals surface area contributed by atoms with Gasteiger partial charge in [0.25, 0.3) is 0 Å². The second-order valence-electron chi connectivity index (χ2n) is 7.33. The van der Waals surface area contributed by atoms with Crippen molar-refractivity contribution in [3.05, 3.63) is 59.2 Å². The van der Waals surface area contributed by atoms with E-state index >= 15 is 0 Å². The first-order chi connectivity index (χ1) is 13.0. The Hall–Kier alpha value is -2.18. The van der Waals surface area contributed by atoms with Crippen LogP contribution in [0.3, 0.4) is 0 Å². The Morgan fingerprint density at radius 2 is 1.85 bits per heavy atom. The van der Waals surface area contributed by atoms with Gasteiger partial charge >= 0.3 is 0 Å². The number of aryl methyl sites for hydroxylation is 2. The number of carbonyl (C=O) groups is 1. The van der Waals surface area contributed by atoms with Gasteiger partial charge in [-0.2, -0.15) is 0 Å². The van der Waals surface area contributed by atoms with Crippen molar-refractivity contribution in [1.29, 1.82) is 0 Å². The fraction of sp³-hybridized carbons (Fsp3) is 0.381. The van der Waals surface area contributed by atoms with Crippen molar-refractivity contribution in [3.8, 4) is 0 Å². The van der Waals surface area contributed by atoms with E-state index in [1.54, 1.807) is 30.0 Å². The number of fused-ring (bicyclic) bond motifs is 2. The Morgan fingerprint density at radius 1 is 1.07 bits per heavy atom. The standard InChI is InChI=1S/C21H24N2O3S/c1-15(24)23-13-5-8-17-14-18(11-12-21(17)23)27(25,26)22-20-10-4-7-16-6-2-3-9-19(16)20/h2-3,6,9,11-12,14,20,22H,4-5,7-8,10,13H2,1H3/t20-/m0/s1. The topological polar surface area (TPSA) is 66.5 Å². The van der Waals surface area contributed by atoms with E-state index in [9.17, 15) is 13.2 Å². The summed E-state index contributed by atoms with van der Waals surface area (Å²) in [5.74, 6) is -0.0107. The molecule has 0 bridgehead atoms. The first kappa shape index (κ1) is 18.2. The van der Waals surface area contributed by atoms with Gasteiger partial charge < -0.3 is 4.90 Å². The SMILES string of the molecule is CC(=O)N1CCCc2cc(S(=O)(=O)N[C@H]3CCCc4ccccc43)ccc21. The minimum absolute atomic E-state index is 0.0107. The van der Waals surface area contributed by atoms with E-state index in [1.807, 2.05) is 18.2 Å². The molecule has 0 fully saturated rings. The third kappa shape index (κ3) is 3.51. The first-order valence-corrected chi connectivity index (χ1v) is 11.0. The predicted molar refractivity (Wildman–Crippen MR) is 105 cm³/mol. The summed E-state index contributed by atoms with van der Waals surface area (Å²) >= 11 is 0. The Kier molecular flexibility index (Phi) is 4.78. The van der Waals surface area contributed by atoms with Gasteiger partial charge in [-0.1, -0.05) is 24.3 Å². The number of hydrogen-bond donors (Lipinski definition) is 1. The number of nitrogens with zero attached hydrogens (tertiary/aromatic N) is 1. The van der Waals surface area contributed by atoms with Gasteiger partial charge in [0.1, 0.15) is 0 Å². The van der Waals surface area contributed by atoms with Gasteiger partial charge in [-0.25, -0.2) is 13.1 Å². The molecule has 27 heavy (non-hydrogen) atoms. The van der Waals surface area contributed by atoms with Crippen LogP contribution in [0.5, 0.6) is 0 Å². The van der Waals surface area contributed by atoms with Crippen molar-refractivity contribution < 1.29 is 13.2 Å². The van der Waals surface area contributed by atoms with Crippen LogP contribution in [0, 0.1) is 0 Å². The second kappa shape index (κ2) is 7.09. The summed E-state index contributed by atoms with van der Waals surface area (Å²) in [5.41, 5.74) is 4.05. The summed E-state index contributed by atoms with van der Waals surface area (Å²) in [4.78, 5) is 13.8. The molecule has 1 heterocycles. The zero-order valence-electron chi connectivity index (χ0n) is 15.4. The fourth-order valence-corrected chi connectivity index (χ4v) is 5.50. The minimum atomic E-state index is -3.63. The van der Waals surface area contributed by atoms with Crippen molar-refractivity contribution in [2.45, 2.75) is 50.0 Å². The monoisotopic (exact) mass is 384 g/mol. The average molecular weight is 385 g/mol. The van der Waals surface area contributed by atoms with Crippen LogP contribution in [-0.2, 0) is 27.7 Å². The highest BCUT2D eigenvalue weighted by Gasteiger charge is 2.27. The quantitative estimate of drug-likeness (QED) is 0.883. The molecule has 1 N–H and O–H groups in total. The molecule has 0 saturated carbocycles.